The Kier molecular flexibility index (Phi) is 4.04. The van der Waals surface area contributed by atoms with Gasteiger partial charge in [-0.3, -0.25) is 5.10 Å². The van der Waals surface area contributed by atoms with Crippen molar-refractivity contribution in [3.05, 3.63) is 46.9 Å². The van der Waals surface area contributed by atoms with Gasteiger partial charge in [0.1, 0.15) is 11.0 Å². The molecule has 0 aliphatic rings. The van der Waals surface area contributed by atoms with E-state index in [1.54, 1.807) is 6.20 Å². The van der Waals surface area contributed by atoms with Crippen molar-refractivity contribution in [1.82, 2.24) is 20.2 Å². The molecule has 0 aromatic carbocycles. The molecule has 3 rings (SSSR count). The number of hydrogen-bond donors (Lipinski definition) is 1. The number of aryl methyl sites for hydroxylation is 4. The van der Waals surface area contributed by atoms with Crippen molar-refractivity contribution in [1.29, 1.82) is 0 Å². The molecule has 0 bridgehead atoms. The number of nitrogens with one attached hydrogen (secondary N) is 1. The van der Waals surface area contributed by atoms with E-state index in [1.807, 2.05) is 19.9 Å². The average Bonchev–Trinajstić information content (AvgIpc) is 2.87. The summed E-state index contributed by atoms with van der Waals surface area (Å²) in [6, 6.07) is 6.10. The molecule has 3 aromatic rings. The molecule has 0 aliphatic heterocycles. The van der Waals surface area contributed by atoms with Gasteiger partial charge in [-0.2, -0.15) is 5.10 Å². The van der Waals surface area contributed by atoms with Gasteiger partial charge in [0.15, 0.2) is 0 Å². The van der Waals surface area contributed by atoms with Crippen LogP contribution in [0.1, 0.15) is 29.4 Å². The maximum atomic E-state index is 5.59. The molecule has 0 aliphatic carbocycles. The number of rotatable bonds is 5. The first kappa shape index (κ1) is 14.5. The molecule has 0 unspecified atom stereocenters. The Balaban J connectivity index is 1.84. The van der Waals surface area contributed by atoms with E-state index >= 15 is 0 Å². The predicted molar refractivity (Wildman–Crippen MR) is 86.2 cm³/mol. The van der Waals surface area contributed by atoms with E-state index in [0.29, 0.717) is 6.61 Å². The fourth-order valence-corrected chi connectivity index (χ4v) is 2.58. The van der Waals surface area contributed by atoms with E-state index in [4.69, 9.17) is 9.72 Å². The Labute approximate surface area is 129 Å². The van der Waals surface area contributed by atoms with Crippen LogP contribution in [0.2, 0.25) is 0 Å². The Bertz CT molecular complexity index is 794. The summed E-state index contributed by atoms with van der Waals surface area (Å²) in [7, 11) is 0. The zero-order valence-electron chi connectivity index (χ0n) is 13.2. The second-order valence-electron chi connectivity index (χ2n) is 5.37. The summed E-state index contributed by atoms with van der Waals surface area (Å²) in [5.74, 6) is 0.725. The lowest BCUT2D eigenvalue weighted by atomic mass is 10.1. The van der Waals surface area contributed by atoms with E-state index in [0.717, 1.165) is 46.7 Å². The zero-order valence-corrected chi connectivity index (χ0v) is 13.2. The number of nitrogens with zero attached hydrogens (tertiary/aromatic N) is 3. The van der Waals surface area contributed by atoms with Crippen LogP contribution >= 0.6 is 0 Å². The fraction of sp³-hybridized carbons (Fsp3) is 0.353. The largest absolute Gasteiger partial charge is 0.478 e. The van der Waals surface area contributed by atoms with Gasteiger partial charge in [0.2, 0.25) is 5.88 Å². The number of fused-ring (bicyclic) bond motifs is 1. The van der Waals surface area contributed by atoms with Gasteiger partial charge >= 0.3 is 0 Å². The molecule has 0 radical (unpaired) electrons. The summed E-state index contributed by atoms with van der Waals surface area (Å²) < 4.78 is 5.59. The Hall–Kier alpha value is -2.43. The van der Waals surface area contributed by atoms with Gasteiger partial charge in [0, 0.05) is 17.5 Å². The average molecular weight is 296 g/mol. The molecule has 22 heavy (non-hydrogen) atoms. The number of aromatic nitrogens is 4. The first-order valence-corrected chi connectivity index (χ1v) is 7.57. The Morgan fingerprint density at radius 3 is 2.91 bits per heavy atom. The van der Waals surface area contributed by atoms with Gasteiger partial charge in [-0.1, -0.05) is 6.07 Å². The number of hydrogen-bond acceptors (Lipinski definition) is 4. The second-order valence-corrected chi connectivity index (χ2v) is 5.37. The molecule has 0 spiro atoms. The van der Waals surface area contributed by atoms with Crippen LogP contribution in [0.5, 0.6) is 5.88 Å². The van der Waals surface area contributed by atoms with Crippen molar-refractivity contribution in [2.24, 2.45) is 0 Å². The minimum Gasteiger partial charge on any atom is -0.478 e. The molecule has 5 heteroatoms. The number of ether oxygens (including phenoxy) is 1. The summed E-state index contributed by atoms with van der Waals surface area (Å²) in [5.41, 5.74) is 6.28. The molecule has 0 atom stereocenters. The molecule has 0 saturated heterocycles. The van der Waals surface area contributed by atoms with Gasteiger partial charge in [-0.05, 0) is 51.3 Å². The lowest BCUT2D eigenvalue weighted by Crippen LogP contribution is -2.02. The summed E-state index contributed by atoms with van der Waals surface area (Å²) in [4.78, 5) is 9.07. The third-order valence-electron chi connectivity index (χ3n) is 3.76. The van der Waals surface area contributed by atoms with Crippen LogP contribution in [0.15, 0.2) is 24.4 Å². The van der Waals surface area contributed by atoms with E-state index < -0.39 is 0 Å². The van der Waals surface area contributed by atoms with Crippen molar-refractivity contribution in [2.45, 2.75) is 33.6 Å². The first-order chi connectivity index (χ1) is 10.7. The van der Waals surface area contributed by atoms with Gasteiger partial charge in [-0.25, -0.2) is 9.97 Å². The van der Waals surface area contributed by atoms with Crippen molar-refractivity contribution in [2.75, 3.05) is 6.61 Å². The number of aromatic amines is 1. The van der Waals surface area contributed by atoms with Crippen LogP contribution in [0.3, 0.4) is 0 Å². The van der Waals surface area contributed by atoms with Crippen LogP contribution in [0.25, 0.3) is 11.0 Å². The molecule has 114 valence electrons. The van der Waals surface area contributed by atoms with Crippen LogP contribution < -0.4 is 4.74 Å². The Morgan fingerprint density at radius 1 is 1.23 bits per heavy atom. The van der Waals surface area contributed by atoms with Gasteiger partial charge < -0.3 is 4.74 Å². The minimum atomic E-state index is 0.626. The highest BCUT2D eigenvalue weighted by Crippen LogP contribution is 2.20. The zero-order chi connectivity index (χ0) is 15.5. The molecule has 0 saturated carbocycles. The van der Waals surface area contributed by atoms with Gasteiger partial charge in [0.25, 0.3) is 0 Å². The summed E-state index contributed by atoms with van der Waals surface area (Å²) in [5, 5.41) is 7.25. The molecule has 3 aromatic heterocycles. The topological polar surface area (TPSA) is 63.7 Å². The lowest BCUT2D eigenvalue weighted by Gasteiger charge is -2.09. The summed E-state index contributed by atoms with van der Waals surface area (Å²) >= 11 is 0. The van der Waals surface area contributed by atoms with E-state index in [1.165, 1.54) is 5.56 Å². The van der Waals surface area contributed by atoms with E-state index in [-0.39, 0.29) is 0 Å². The molecule has 0 fully saturated rings. The highest BCUT2D eigenvalue weighted by Gasteiger charge is 2.10. The minimum absolute atomic E-state index is 0.626. The molecule has 0 amide bonds. The van der Waals surface area contributed by atoms with Crippen LogP contribution in [0.4, 0.5) is 0 Å². The highest BCUT2D eigenvalue weighted by molar-refractivity contribution is 5.77. The van der Waals surface area contributed by atoms with Crippen molar-refractivity contribution < 1.29 is 4.74 Å². The lowest BCUT2D eigenvalue weighted by molar-refractivity contribution is 0.323. The third kappa shape index (κ3) is 2.79. The second kappa shape index (κ2) is 6.13. The predicted octanol–water partition coefficient (Wildman–Crippen LogP) is 3.15. The highest BCUT2D eigenvalue weighted by atomic mass is 16.5. The number of pyridine rings is 2. The van der Waals surface area contributed by atoms with Crippen LogP contribution in [-0.4, -0.2) is 26.8 Å². The molecular formula is C17H20N4O. The first-order valence-electron chi connectivity index (χ1n) is 7.57. The molecule has 5 nitrogen and oxygen atoms in total. The van der Waals surface area contributed by atoms with Crippen LogP contribution in [0, 0.1) is 13.8 Å². The summed E-state index contributed by atoms with van der Waals surface area (Å²) in [6.07, 6.45) is 3.48. The van der Waals surface area contributed by atoms with Crippen molar-refractivity contribution in [3.63, 3.8) is 0 Å². The standard InChI is InChI=1S/C17H20N4O/c1-4-22-17-13(6-5-9-18-17)7-8-14-11(2)10-15-16(19-14)12(3)20-21-15/h5-6,9-10H,4,7-8H2,1-3H3,(H,20,21). The fourth-order valence-electron chi connectivity index (χ4n) is 2.58. The van der Waals surface area contributed by atoms with Gasteiger partial charge in [0.05, 0.1) is 12.3 Å². The molecule has 3 heterocycles. The normalized spacial score (nSPS) is 11.0. The molecular weight excluding hydrogens is 276 g/mol. The number of H-pyrrole nitrogens is 1. The maximum Gasteiger partial charge on any atom is 0.216 e. The maximum absolute atomic E-state index is 5.59. The van der Waals surface area contributed by atoms with E-state index in [9.17, 15) is 0 Å². The SMILES string of the molecule is CCOc1ncccc1CCc1nc2c(C)[nH]nc2cc1C. The van der Waals surface area contributed by atoms with Gasteiger partial charge in [-0.15, -0.1) is 0 Å². The van der Waals surface area contributed by atoms with Crippen molar-refractivity contribution >= 4 is 11.0 Å². The molecule has 1 N–H and O–H groups in total. The smallest absolute Gasteiger partial charge is 0.216 e. The Morgan fingerprint density at radius 2 is 2.09 bits per heavy atom. The monoisotopic (exact) mass is 296 g/mol. The quantitative estimate of drug-likeness (QED) is 0.785. The van der Waals surface area contributed by atoms with Crippen LogP contribution in [-0.2, 0) is 12.8 Å². The third-order valence-corrected chi connectivity index (χ3v) is 3.76. The van der Waals surface area contributed by atoms with E-state index in [2.05, 4.69) is 34.2 Å². The van der Waals surface area contributed by atoms with Crippen molar-refractivity contribution in [3.8, 4) is 5.88 Å². The summed E-state index contributed by atoms with van der Waals surface area (Å²) in [6.45, 7) is 6.68.